The van der Waals surface area contributed by atoms with Crippen molar-refractivity contribution < 1.29 is 14.6 Å². The Kier molecular flexibility index (Phi) is 5.55. The summed E-state index contributed by atoms with van der Waals surface area (Å²) in [7, 11) is 3.83. The standard InChI is InChI=1S/C13H28N2O3/c1-10(6-14-4)12(3)9-18-13(12,8-16)17-7-11(2)15-5/h10-11,14-16H,6-9H2,1-5H3. The van der Waals surface area contributed by atoms with Crippen molar-refractivity contribution in [2.75, 3.05) is 40.5 Å². The van der Waals surface area contributed by atoms with Crippen LogP contribution in [0.1, 0.15) is 20.8 Å². The second-order valence-corrected chi connectivity index (χ2v) is 5.58. The summed E-state index contributed by atoms with van der Waals surface area (Å²) in [4.78, 5) is 0. The van der Waals surface area contributed by atoms with Crippen LogP contribution in [0, 0.1) is 11.3 Å². The van der Waals surface area contributed by atoms with Crippen LogP contribution >= 0.6 is 0 Å². The molecule has 0 bridgehead atoms. The number of aliphatic hydroxyl groups excluding tert-OH is 1. The van der Waals surface area contributed by atoms with Gasteiger partial charge in [-0.05, 0) is 33.5 Å². The maximum absolute atomic E-state index is 9.68. The Morgan fingerprint density at radius 1 is 1.39 bits per heavy atom. The highest BCUT2D eigenvalue weighted by atomic mass is 16.7. The highest BCUT2D eigenvalue weighted by molar-refractivity contribution is 5.02. The van der Waals surface area contributed by atoms with Gasteiger partial charge in [0.25, 0.3) is 0 Å². The largest absolute Gasteiger partial charge is 0.391 e. The molecular weight excluding hydrogens is 232 g/mol. The van der Waals surface area contributed by atoms with Crippen LogP contribution in [0.15, 0.2) is 0 Å². The van der Waals surface area contributed by atoms with Crippen molar-refractivity contribution in [3.8, 4) is 0 Å². The predicted molar refractivity (Wildman–Crippen MR) is 71.4 cm³/mol. The van der Waals surface area contributed by atoms with E-state index in [1.165, 1.54) is 0 Å². The molecule has 1 rings (SSSR count). The highest BCUT2D eigenvalue weighted by Gasteiger charge is 2.61. The first-order chi connectivity index (χ1) is 8.45. The van der Waals surface area contributed by atoms with Gasteiger partial charge in [0.1, 0.15) is 0 Å². The molecule has 1 heterocycles. The second-order valence-electron chi connectivity index (χ2n) is 5.58. The van der Waals surface area contributed by atoms with E-state index in [0.29, 0.717) is 19.1 Å². The fourth-order valence-corrected chi connectivity index (χ4v) is 2.33. The summed E-state index contributed by atoms with van der Waals surface area (Å²) in [6.45, 7) is 8.26. The zero-order chi connectivity index (χ0) is 13.8. The van der Waals surface area contributed by atoms with Gasteiger partial charge in [-0.3, -0.25) is 0 Å². The van der Waals surface area contributed by atoms with Crippen molar-refractivity contribution in [2.45, 2.75) is 32.6 Å². The number of hydrogen-bond acceptors (Lipinski definition) is 5. The molecule has 1 aliphatic heterocycles. The van der Waals surface area contributed by atoms with Crippen LogP contribution in [0.3, 0.4) is 0 Å². The quantitative estimate of drug-likeness (QED) is 0.581. The van der Waals surface area contributed by atoms with Gasteiger partial charge in [0.05, 0.1) is 25.2 Å². The number of hydrogen-bond donors (Lipinski definition) is 3. The molecule has 1 fully saturated rings. The molecule has 18 heavy (non-hydrogen) atoms. The Bertz CT molecular complexity index is 261. The second kappa shape index (κ2) is 6.30. The average Bonchev–Trinajstić information content (AvgIpc) is 2.37. The third-order valence-corrected chi connectivity index (χ3v) is 4.34. The van der Waals surface area contributed by atoms with E-state index in [2.05, 4.69) is 24.5 Å². The molecule has 4 unspecified atom stereocenters. The summed E-state index contributed by atoms with van der Waals surface area (Å²) in [6.07, 6.45) is 0. The van der Waals surface area contributed by atoms with Gasteiger partial charge in [0.15, 0.2) is 5.79 Å². The van der Waals surface area contributed by atoms with Crippen molar-refractivity contribution in [1.82, 2.24) is 10.6 Å². The summed E-state index contributed by atoms with van der Waals surface area (Å²) >= 11 is 0. The van der Waals surface area contributed by atoms with Crippen molar-refractivity contribution in [2.24, 2.45) is 11.3 Å². The molecule has 0 amide bonds. The summed E-state index contributed by atoms with van der Waals surface area (Å²) in [5, 5.41) is 16.0. The minimum absolute atomic E-state index is 0.103. The molecule has 1 saturated heterocycles. The maximum atomic E-state index is 9.68. The molecule has 0 aromatic carbocycles. The first-order valence-electron chi connectivity index (χ1n) is 6.66. The van der Waals surface area contributed by atoms with Crippen LogP contribution in [0.4, 0.5) is 0 Å². The fraction of sp³-hybridized carbons (Fsp3) is 1.00. The van der Waals surface area contributed by atoms with Crippen molar-refractivity contribution in [3.05, 3.63) is 0 Å². The topological polar surface area (TPSA) is 62.8 Å². The zero-order valence-electron chi connectivity index (χ0n) is 12.2. The molecular formula is C13H28N2O3. The normalized spacial score (nSPS) is 35.0. The number of nitrogens with one attached hydrogen (secondary N) is 2. The van der Waals surface area contributed by atoms with Crippen LogP contribution in [0.25, 0.3) is 0 Å². The van der Waals surface area contributed by atoms with Gasteiger partial charge < -0.3 is 25.2 Å². The van der Waals surface area contributed by atoms with Gasteiger partial charge in [0, 0.05) is 6.04 Å². The molecule has 108 valence electrons. The molecule has 0 saturated carbocycles. The van der Waals surface area contributed by atoms with E-state index in [0.717, 1.165) is 6.54 Å². The Morgan fingerprint density at radius 3 is 2.44 bits per heavy atom. The smallest absolute Gasteiger partial charge is 0.199 e. The van der Waals surface area contributed by atoms with E-state index >= 15 is 0 Å². The van der Waals surface area contributed by atoms with Crippen LogP contribution in [0.5, 0.6) is 0 Å². The van der Waals surface area contributed by atoms with Crippen molar-refractivity contribution in [1.29, 1.82) is 0 Å². The van der Waals surface area contributed by atoms with Crippen LogP contribution in [-0.2, 0) is 9.47 Å². The molecule has 0 radical (unpaired) electrons. The third kappa shape index (κ3) is 2.70. The molecule has 0 aromatic rings. The summed E-state index contributed by atoms with van der Waals surface area (Å²) in [6, 6.07) is 0.237. The minimum atomic E-state index is -0.853. The minimum Gasteiger partial charge on any atom is -0.391 e. The van der Waals surface area contributed by atoms with Crippen LogP contribution in [0.2, 0.25) is 0 Å². The highest BCUT2D eigenvalue weighted by Crippen LogP contribution is 2.50. The zero-order valence-corrected chi connectivity index (χ0v) is 12.2. The monoisotopic (exact) mass is 260 g/mol. The van der Waals surface area contributed by atoms with E-state index in [4.69, 9.17) is 9.47 Å². The third-order valence-electron chi connectivity index (χ3n) is 4.34. The molecule has 5 heteroatoms. The lowest BCUT2D eigenvalue weighted by Crippen LogP contribution is -2.69. The fourth-order valence-electron chi connectivity index (χ4n) is 2.33. The molecule has 5 nitrogen and oxygen atoms in total. The molecule has 1 aliphatic rings. The Hall–Kier alpha value is -0.200. The van der Waals surface area contributed by atoms with Gasteiger partial charge in [-0.25, -0.2) is 0 Å². The van der Waals surface area contributed by atoms with Gasteiger partial charge in [-0.15, -0.1) is 0 Å². The molecule has 4 atom stereocenters. The van der Waals surface area contributed by atoms with Crippen molar-refractivity contribution >= 4 is 0 Å². The first-order valence-corrected chi connectivity index (χ1v) is 6.66. The maximum Gasteiger partial charge on any atom is 0.199 e. The lowest BCUT2D eigenvalue weighted by atomic mass is 9.68. The van der Waals surface area contributed by atoms with E-state index in [9.17, 15) is 5.11 Å². The predicted octanol–water partition coefficient (Wildman–Crippen LogP) is 0.192. The van der Waals surface area contributed by atoms with Crippen LogP contribution in [-0.4, -0.2) is 57.4 Å². The lowest BCUT2D eigenvalue weighted by molar-refractivity contribution is -0.410. The summed E-state index contributed by atoms with van der Waals surface area (Å²) in [5.41, 5.74) is -0.155. The van der Waals surface area contributed by atoms with Gasteiger partial charge in [0.2, 0.25) is 0 Å². The number of likely N-dealkylation sites (N-methyl/N-ethyl adjacent to an activating group) is 1. The summed E-state index contributed by atoms with van der Waals surface area (Å²) < 4.78 is 11.5. The SMILES string of the molecule is CNCC(C)C1(C)COC1(CO)OCC(C)NC. The molecule has 0 aliphatic carbocycles. The molecule has 0 aromatic heterocycles. The molecule has 0 spiro atoms. The van der Waals surface area contributed by atoms with E-state index in [1.807, 2.05) is 21.0 Å². The Morgan fingerprint density at radius 2 is 2.06 bits per heavy atom. The number of aliphatic hydroxyl groups is 1. The Balaban J connectivity index is 2.69. The van der Waals surface area contributed by atoms with E-state index in [1.54, 1.807) is 0 Å². The lowest BCUT2D eigenvalue weighted by Gasteiger charge is -2.58. The average molecular weight is 260 g/mol. The number of rotatable bonds is 8. The molecule has 3 N–H and O–H groups in total. The first kappa shape index (κ1) is 15.9. The van der Waals surface area contributed by atoms with Gasteiger partial charge in [-0.2, -0.15) is 0 Å². The van der Waals surface area contributed by atoms with E-state index < -0.39 is 5.79 Å². The number of ether oxygens (including phenoxy) is 2. The van der Waals surface area contributed by atoms with Crippen molar-refractivity contribution in [3.63, 3.8) is 0 Å². The van der Waals surface area contributed by atoms with Crippen LogP contribution < -0.4 is 10.6 Å². The van der Waals surface area contributed by atoms with Gasteiger partial charge in [-0.1, -0.05) is 13.8 Å². The van der Waals surface area contributed by atoms with E-state index in [-0.39, 0.29) is 18.1 Å². The summed E-state index contributed by atoms with van der Waals surface area (Å²) in [5.74, 6) is -0.484. The Labute approximate surface area is 110 Å². The van der Waals surface area contributed by atoms with Gasteiger partial charge >= 0.3 is 0 Å².